The number of ether oxygens (including phenoxy) is 1. The highest BCUT2D eigenvalue weighted by Gasteiger charge is 2.41. The zero-order valence-electron chi connectivity index (χ0n) is 24.1. The zero-order valence-corrected chi connectivity index (χ0v) is 24.1. The predicted molar refractivity (Wildman–Crippen MR) is 166 cm³/mol. The van der Waals surface area contributed by atoms with E-state index in [0.29, 0.717) is 24.2 Å². The normalized spacial score (nSPS) is 17.9. The van der Waals surface area contributed by atoms with Gasteiger partial charge in [-0.15, -0.1) is 5.06 Å². The first kappa shape index (κ1) is 27.3. The molecule has 6 nitrogen and oxygen atoms in total. The maximum atomic E-state index is 13.3. The number of rotatable bonds is 8. The largest absolute Gasteiger partial charge is 0.487 e. The van der Waals surface area contributed by atoms with Crippen LogP contribution in [0.25, 0.3) is 22.0 Å². The van der Waals surface area contributed by atoms with Crippen LogP contribution in [-0.4, -0.2) is 21.9 Å². The van der Waals surface area contributed by atoms with Crippen molar-refractivity contribution in [1.29, 1.82) is 0 Å². The SMILES string of the molecule is O=C1C2=C(CCC=C2)C(=O)N1OC(c1ccc(OCc2ccc3ccccc3n2)c(-c2ccccc2)c1)C1CCCCC1. The van der Waals surface area contributed by atoms with Gasteiger partial charge in [0, 0.05) is 16.5 Å². The molecule has 216 valence electrons. The summed E-state index contributed by atoms with van der Waals surface area (Å²) in [7, 11) is 0. The molecule has 1 aromatic heterocycles. The molecule has 1 saturated carbocycles. The number of allylic oxidation sites excluding steroid dienone is 1. The van der Waals surface area contributed by atoms with Crippen LogP contribution in [0, 0.1) is 5.92 Å². The molecule has 43 heavy (non-hydrogen) atoms. The summed E-state index contributed by atoms with van der Waals surface area (Å²) in [6.45, 7) is 0.327. The van der Waals surface area contributed by atoms with Crippen LogP contribution in [0.5, 0.6) is 5.75 Å². The number of benzene rings is 3. The van der Waals surface area contributed by atoms with Crippen LogP contribution in [0.3, 0.4) is 0 Å². The summed E-state index contributed by atoms with van der Waals surface area (Å²) in [5.74, 6) is 0.252. The van der Waals surface area contributed by atoms with Gasteiger partial charge in [-0.05, 0) is 67.0 Å². The smallest absolute Gasteiger partial charge is 0.285 e. The number of carbonyl (C=O) groups excluding carboxylic acids is 2. The molecule has 0 spiro atoms. The Balaban J connectivity index is 1.21. The number of aromatic nitrogens is 1. The minimum atomic E-state index is -0.433. The van der Waals surface area contributed by atoms with Crippen LogP contribution >= 0.6 is 0 Å². The molecular weight excluding hydrogens is 536 g/mol. The van der Waals surface area contributed by atoms with Crippen LogP contribution in [0.2, 0.25) is 0 Å². The maximum Gasteiger partial charge on any atom is 0.285 e. The van der Waals surface area contributed by atoms with Crippen molar-refractivity contribution in [2.45, 2.75) is 57.7 Å². The van der Waals surface area contributed by atoms with Gasteiger partial charge >= 0.3 is 0 Å². The number of fused-ring (bicyclic) bond motifs is 1. The molecule has 1 atom stereocenters. The highest BCUT2D eigenvalue weighted by molar-refractivity contribution is 6.20. The number of pyridine rings is 1. The van der Waals surface area contributed by atoms with Crippen LogP contribution in [-0.2, 0) is 21.0 Å². The fourth-order valence-corrected chi connectivity index (χ4v) is 6.51. The summed E-state index contributed by atoms with van der Waals surface area (Å²) >= 11 is 0. The Labute approximate surface area is 251 Å². The van der Waals surface area contributed by atoms with Crippen molar-refractivity contribution in [2.24, 2.45) is 5.92 Å². The number of hydrogen-bond donors (Lipinski definition) is 0. The summed E-state index contributed by atoms with van der Waals surface area (Å²) in [5.41, 5.74) is 5.70. The third-order valence-electron chi connectivity index (χ3n) is 8.77. The second-order valence-corrected chi connectivity index (χ2v) is 11.6. The predicted octanol–water partition coefficient (Wildman–Crippen LogP) is 8.05. The average molecular weight is 571 g/mol. The van der Waals surface area contributed by atoms with Crippen molar-refractivity contribution in [3.05, 3.63) is 119 Å². The summed E-state index contributed by atoms with van der Waals surface area (Å²) in [6, 6.07) is 28.4. The van der Waals surface area contributed by atoms with E-state index >= 15 is 0 Å². The van der Waals surface area contributed by atoms with Crippen LogP contribution < -0.4 is 4.74 Å². The number of nitrogens with zero attached hydrogens (tertiary/aromatic N) is 2. The summed E-state index contributed by atoms with van der Waals surface area (Å²) in [5, 5.41) is 2.12. The Morgan fingerprint density at radius 1 is 0.860 bits per heavy atom. The minimum absolute atomic E-state index is 0.194. The first-order valence-corrected chi connectivity index (χ1v) is 15.3. The van der Waals surface area contributed by atoms with Gasteiger partial charge in [0.25, 0.3) is 11.8 Å². The zero-order chi connectivity index (χ0) is 29.2. The van der Waals surface area contributed by atoms with Gasteiger partial charge in [-0.2, -0.15) is 0 Å². The van der Waals surface area contributed by atoms with E-state index in [2.05, 4.69) is 30.3 Å². The van der Waals surface area contributed by atoms with Crippen LogP contribution in [0.15, 0.2) is 108 Å². The third kappa shape index (κ3) is 5.51. The molecule has 1 aliphatic heterocycles. The quantitative estimate of drug-likeness (QED) is 0.201. The summed E-state index contributed by atoms with van der Waals surface area (Å²) < 4.78 is 6.40. The molecule has 3 aromatic carbocycles. The summed E-state index contributed by atoms with van der Waals surface area (Å²) in [4.78, 5) is 37.8. The molecule has 2 aliphatic carbocycles. The van der Waals surface area contributed by atoms with Gasteiger partial charge in [0.05, 0.1) is 16.8 Å². The molecule has 6 heteroatoms. The van der Waals surface area contributed by atoms with E-state index in [1.165, 1.54) is 6.42 Å². The van der Waals surface area contributed by atoms with E-state index < -0.39 is 6.10 Å². The molecule has 2 amide bonds. The molecule has 3 aliphatic rings. The highest BCUT2D eigenvalue weighted by Crippen LogP contribution is 2.42. The Hall–Kier alpha value is -4.55. The molecule has 0 N–H and O–H groups in total. The van der Waals surface area contributed by atoms with E-state index in [1.54, 1.807) is 6.08 Å². The van der Waals surface area contributed by atoms with Gasteiger partial charge in [-0.3, -0.25) is 14.4 Å². The average Bonchev–Trinajstić information content (AvgIpc) is 3.31. The second kappa shape index (κ2) is 12.0. The molecule has 1 unspecified atom stereocenters. The Kier molecular flexibility index (Phi) is 7.60. The summed E-state index contributed by atoms with van der Waals surface area (Å²) in [6.07, 6.45) is 9.99. The first-order valence-electron chi connectivity index (χ1n) is 15.3. The molecular formula is C37H34N2O4. The maximum absolute atomic E-state index is 13.3. The lowest BCUT2D eigenvalue weighted by molar-refractivity contribution is -0.211. The van der Waals surface area contributed by atoms with Gasteiger partial charge in [0.2, 0.25) is 0 Å². The molecule has 7 rings (SSSR count). The topological polar surface area (TPSA) is 68.7 Å². The first-order chi connectivity index (χ1) is 21.2. The van der Waals surface area contributed by atoms with E-state index in [-0.39, 0.29) is 17.7 Å². The Morgan fingerprint density at radius 2 is 1.67 bits per heavy atom. The molecule has 0 bridgehead atoms. The number of hydroxylamine groups is 2. The third-order valence-corrected chi connectivity index (χ3v) is 8.77. The molecule has 0 radical (unpaired) electrons. The van der Waals surface area contributed by atoms with Crippen molar-refractivity contribution >= 4 is 22.7 Å². The molecule has 2 heterocycles. The fourth-order valence-electron chi connectivity index (χ4n) is 6.51. The Morgan fingerprint density at radius 3 is 2.51 bits per heavy atom. The van der Waals surface area contributed by atoms with Gasteiger partial charge in [-0.1, -0.05) is 92.1 Å². The van der Waals surface area contributed by atoms with E-state index in [9.17, 15) is 9.59 Å². The monoisotopic (exact) mass is 570 g/mol. The Bertz CT molecular complexity index is 1740. The minimum Gasteiger partial charge on any atom is -0.487 e. The number of amides is 2. The second-order valence-electron chi connectivity index (χ2n) is 11.6. The van der Waals surface area contributed by atoms with E-state index in [0.717, 1.165) is 76.2 Å². The van der Waals surface area contributed by atoms with Crippen molar-refractivity contribution in [1.82, 2.24) is 10.0 Å². The van der Waals surface area contributed by atoms with Crippen molar-refractivity contribution in [2.75, 3.05) is 0 Å². The lowest BCUT2D eigenvalue weighted by atomic mass is 9.82. The number of para-hydroxylation sites is 1. The number of hydrogen-bond acceptors (Lipinski definition) is 5. The van der Waals surface area contributed by atoms with Gasteiger partial charge in [0.1, 0.15) is 18.5 Å². The fraction of sp³-hybridized carbons (Fsp3) is 0.270. The van der Waals surface area contributed by atoms with Crippen LogP contribution in [0.1, 0.15) is 62.3 Å². The lowest BCUT2D eigenvalue weighted by Crippen LogP contribution is -2.35. The lowest BCUT2D eigenvalue weighted by Gasteiger charge is -2.32. The van der Waals surface area contributed by atoms with Crippen molar-refractivity contribution < 1.29 is 19.2 Å². The molecule has 1 fully saturated rings. The van der Waals surface area contributed by atoms with E-state index in [1.807, 2.05) is 60.7 Å². The van der Waals surface area contributed by atoms with Gasteiger partial charge in [-0.25, -0.2) is 4.98 Å². The number of imide groups is 1. The molecule has 0 saturated heterocycles. The van der Waals surface area contributed by atoms with Gasteiger partial charge in [0.15, 0.2) is 0 Å². The highest BCUT2D eigenvalue weighted by atomic mass is 16.7. The van der Waals surface area contributed by atoms with Crippen LogP contribution in [0.4, 0.5) is 0 Å². The van der Waals surface area contributed by atoms with E-state index in [4.69, 9.17) is 14.6 Å². The van der Waals surface area contributed by atoms with Crippen molar-refractivity contribution in [3.8, 4) is 16.9 Å². The standard InChI is InChI=1S/C37H34N2O4/c40-36-30-16-8-9-17-31(30)37(41)39(36)43-35(27-14-5-2-6-15-27)28-20-22-34(32(23-28)25-11-3-1-4-12-25)42-24-29-21-19-26-13-7-10-18-33(26)38-29/h1,3-4,7-8,10-13,16,18-23,27,35H,2,5-6,9,14-15,17,24H2. The molecule has 4 aromatic rings. The van der Waals surface area contributed by atoms with Gasteiger partial charge < -0.3 is 4.74 Å². The van der Waals surface area contributed by atoms with Crippen molar-refractivity contribution in [3.63, 3.8) is 0 Å². The number of carbonyl (C=O) groups is 2.